The summed E-state index contributed by atoms with van der Waals surface area (Å²) in [5.41, 5.74) is 2.15. The highest BCUT2D eigenvalue weighted by atomic mass is 19.4. The van der Waals surface area contributed by atoms with Gasteiger partial charge in [0.1, 0.15) is 5.75 Å². The third-order valence-corrected chi connectivity index (χ3v) is 4.59. The summed E-state index contributed by atoms with van der Waals surface area (Å²) in [5, 5.41) is 5.20. The minimum atomic E-state index is -4.50. The third kappa shape index (κ3) is 6.10. The molecule has 0 aliphatic rings. The molecule has 3 aromatic carbocycles. The molecule has 0 saturated carbocycles. The van der Waals surface area contributed by atoms with Gasteiger partial charge in [0.05, 0.1) is 5.56 Å². The highest BCUT2D eigenvalue weighted by molar-refractivity contribution is 6.04. The lowest BCUT2D eigenvalue weighted by Crippen LogP contribution is -2.20. The Hall–Kier alpha value is -3.81. The monoisotopic (exact) mass is 442 g/mol. The Bertz CT molecular complexity index is 1130. The maximum absolute atomic E-state index is 12.8. The van der Waals surface area contributed by atoms with Crippen LogP contribution in [0.5, 0.6) is 5.75 Å². The summed E-state index contributed by atoms with van der Waals surface area (Å²) in [6, 6.07) is 16.0. The minimum absolute atomic E-state index is 0.0354. The molecule has 32 heavy (non-hydrogen) atoms. The summed E-state index contributed by atoms with van der Waals surface area (Å²) in [5.74, 6) is -0.525. The van der Waals surface area contributed by atoms with Crippen molar-refractivity contribution >= 4 is 23.2 Å². The molecule has 0 saturated heterocycles. The molecule has 2 amide bonds. The molecular formula is C24H21F3N2O3. The van der Waals surface area contributed by atoms with Gasteiger partial charge in [-0.2, -0.15) is 13.2 Å². The van der Waals surface area contributed by atoms with Gasteiger partial charge in [0, 0.05) is 16.9 Å². The van der Waals surface area contributed by atoms with E-state index in [0.29, 0.717) is 11.4 Å². The first-order valence-electron chi connectivity index (χ1n) is 9.70. The average molecular weight is 442 g/mol. The van der Waals surface area contributed by atoms with Gasteiger partial charge in [-0.1, -0.05) is 23.8 Å². The third-order valence-electron chi connectivity index (χ3n) is 4.59. The number of aryl methyl sites for hydroxylation is 2. The minimum Gasteiger partial charge on any atom is -0.484 e. The van der Waals surface area contributed by atoms with E-state index in [4.69, 9.17) is 4.74 Å². The zero-order chi connectivity index (χ0) is 23.3. The fourth-order valence-corrected chi connectivity index (χ4v) is 2.97. The Kier molecular flexibility index (Phi) is 6.82. The number of nitrogens with one attached hydrogen (secondary N) is 2. The molecule has 0 radical (unpaired) electrons. The molecule has 3 aromatic rings. The lowest BCUT2D eigenvalue weighted by molar-refractivity contribution is -0.137. The molecule has 0 heterocycles. The van der Waals surface area contributed by atoms with E-state index in [1.165, 1.54) is 36.4 Å². The van der Waals surface area contributed by atoms with Gasteiger partial charge < -0.3 is 15.4 Å². The van der Waals surface area contributed by atoms with Gasteiger partial charge >= 0.3 is 6.18 Å². The van der Waals surface area contributed by atoms with E-state index in [9.17, 15) is 22.8 Å². The van der Waals surface area contributed by atoms with E-state index in [1.54, 1.807) is 0 Å². The molecule has 166 valence electrons. The topological polar surface area (TPSA) is 67.4 Å². The second-order valence-corrected chi connectivity index (χ2v) is 7.21. The van der Waals surface area contributed by atoms with Crippen molar-refractivity contribution in [2.45, 2.75) is 20.0 Å². The number of ether oxygens (including phenoxy) is 1. The molecule has 0 fully saturated rings. The van der Waals surface area contributed by atoms with Gasteiger partial charge in [-0.25, -0.2) is 0 Å². The van der Waals surface area contributed by atoms with E-state index in [2.05, 4.69) is 10.6 Å². The highest BCUT2D eigenvalue weighted by Crippen LogP contribution is 2.30. The van der Waals surface area contributed by atoms with Crippen LogP contribution in [0.25, 0.3) is 0 Å². The summed E-state index contributed by atoms with van der Waals surface area (Å²) in [6.07, 6.45) is -4.50. The van der Waals surface area contributed by atoms with E-state index in [0.717, 1.165) is 23.3 Å². The molecule has 0 bridgehead atoms. The number of benzene rings is 3. The number of hydrogen-bond acceptors (Lipinski definition) is 3. The predicted molar refractivity (Wildman–Crippen MR) is 116 cm³/mol. The molecule has 0 aliphatic carbocycles. The van der Waals surface area contributed by atoms with Crippen molar-refractivity contribution in [3.05, 3.63) is 89.0 Å². The summed E-state index contributed by atoms with van der Waals surface area (Å²) in [4.78, 5) is 24.4. The number of anilines is 2. The molecule has 5 nitrogen and oxygen atoms in total. The summed E-state index contributed by atoms with van der Waals surface area (Å²) in [6.45, 7) is 3.64. The largest absolute Gasteiger partial charge is 0.484 e. The zero-order valence-electron chi connectivity index (χ0n) is 17.4. The van der Waals surface area contributed by atoms with E-state index >= 15 is 0 Å². The van der Waals surface area contributed by atoms with Crippen molar-refractivity contribution in [2.75, 3.05) is 17.2 Å². The van der Waals surface area contributed by atoms with Crippen molar-refractivity contribution in [1.29, 1.82) is 0 Å². The smallest absolute Gasteiger partial charge is 0.416 e. The van der Waals surface area contributed by atoms with Crippen molar-refractivity contribution in [2.24, 2.45) is 0 Å². The quantitative estimate of drug-likeness (QED) is 0.523. The van der Waals surface area contributed by atoms with Crippen LogP contribution in [0.15, 0.2) is 66.7 Å². The first-order chi connectivity index (χ1) is 15.1. The first kappa shape index (κ1) is 22.9. The SMILES string of the molecule is Cc1ccc(NC(=O)COc2ccc(C(=O)Nc3cccc(C(F)(F)F)c3)cc2)c(C)c1. The fourth-order valence-electron chi connectivity index (χ4n) is 2.97. The van der Waals surface area contributed by atoms with Crippen LogP contribution in [0, 0.1) is 13.8 Å². The Balaban J connectivity index is 1.55. The maximum Gasteiger partial charge on any atom is 0.416 e. The van der Waals surface area contributed by atoms with Crippen LogP contribution in [0.1, 0.15) is 27.0 Å². The van der Waals surface area contributed by atoms with Gasteiger partial charge in [-0.05, 0) is 67.9 Å². The molecule has 8 heteroatoms. The summed E-state index contributed by atoms with van der Waals surface area (Å²) < 4.78 is 43.9. The van der Waals surface area contributed by atoms with E-state index in [-0.39, 0.29) is 23.8 Å². The summed E-state index contributed by atoms with van der Waals surface area (Å²) >= 11 is 0. The molecule has 0 spiro atoms. The van der Waals surface area contributed by atoms with Crippen LogP contribution < -0.4 is 15.4 Å². The van der Waals surface area contributed by atoms with Crippen LogP contribution in [0.4, 0.5) is 24.5 Å². The molecule has 0 atom stereocenters. The van der Waals surface area contributed by atoms with Crippen LogP contribution in [-0.4, -0.2) is 18.4 Å². The second-order valence-electron chi connectivity index (χ2n) is 7.21. The normalized spacial score (nSPS) is 11.0. The van der Waals surface area contributed by atoms with Gasteiger partial charge in [-0.15, -0.1) is 0 Å². The number of amides is 2. The van der Waals surface area contributed by atoms with Gasteiger partial charge in [0.15, 0.2) is 6.61 Å². The first-order valence-corrected chi connectivity index (χ1v) is 9.70. The van der Waals surface area contributed by atoms with E-state index < -0.39 is 17.6 Å². The van der Waals surface area contributed by atoms with Crippen LogP contribution in [-0.2, 0) is 11.0 Å². The van der Waals surface area contributed by atoms with Crippen molar-refractivity contribution in [1.82, 2.24) is 0 Å². The standard InChI is InChI=1S/C24H21F3N2O3/c1-15-6-11-21(16(2)12-15)29-22(30)14-32-20-9-7-17(8-10-20)23(31)28-19-5-3-4-18(13-19)24(25,26)27/h3-13H,14H2,1-2H3,(H,28,31)(H,29,30). The lowest BCUT2D eigenvalue weighted by Gasteiger charge is -2.11. The number of hydrogen-bond donors (Lipinski definition) is 2. The predicted octanol–water partition coefficient (Wildman–Crippen LogP) is 5.59. The molecular weight excluding hydrogens is 421 g/mol. The molecule has 0 unspecified atom stereocenters. The molecule has 3 rings (SSSR count). The molecule has 0 aliphatic heterocycles. The molecule has 0 aromatic heterocycles. The van der Waals surface area contributed by atoms with Crippen molar-refractivity contribution in [3.8, 4) is 5.75 Å². The van der Waals surface area contributed by atoms with Gasteiger partial charge in [0.25, 0.3) is 11.8 Å². The zero-order valence-corrected chi connectivity index (χ0v) is 17.4. The van der Waals surface area contributed by atoms with Gasteiger partial charge in [-0.3, -0.25) is 9.59 Å². The number of halogens is 3. The Morgan fingerprint density at radius 2 is 1.62 bits per heavy atom. The fraction of sp³-hybridized carbons (Fsp3) is 0.167. The highest BCUT2D eigenvalue weighted by Gasteiger charge is 2.30. The summed E-state index contributed by atoms with van der Waals surface area (Å²) in [7, 11) is 0. The van der Waals surface area contributed by atoms with Crippen LogP contribution >= 0.6 is 0 Å². The number of carbonyl (C=O) groups excluding carboxylic acids is 2. The maximum atomic E-state index is 12.8. The van der Waals surface area contributed by atoms with Crippen LogP contribution in [0.3, 0.4) is 0 Å². The Morgan fingerprint density at radius 1 is 0.906 bits per heavy atom. The van der Waals surface area contributed by atoms with E-state index in [1.807, 2.05) is 32.0 Å². The van der Waals surface area contributed by atoms with Crippen molar-refractivity contribution < 1.29 is 27.5 Å². The molecule has 2 N–H and O–H groups in total. The average Bonchev–Trinajstić information content (AvgIpc) is 2.74. The van der Waals surface area contributed by atoms with Gasteiger partial charge in [0.2, 0.25) is 0 Å². The Labute approximate surface area is 183 Å². The van der Waals surface area contributed by atoms with Crippen LogP contribution in [0.2, 0.25) is 0 Å². The number of carbonyl (C=O) groups is 2. The van der Waals surface area contributed by atoms with Crippen molar-refractivity contribution in [3.63, 3.8) is 0 Å². The number of rotatable bonds is 6. The Morgan fingerprint density at radius 3 is 2.28 bits per heavy atom. The number of alkyl halides is 3. The second kappa shape index (κ2) is 9.55. The lowest BCUT2D eigenvalue weighted by atomic mass is 10.1.